The molecule has 0 fully saturated rings. The second kappa shape index (κ2) is 11.7. The average Bonchev–Trinajstić information content (AvgIpc) is 3.49. The van der Waals surface area contributed by atoms with Gasteiger partial charge in [0, 0.05) is 56.0 Å². The number of halogens is 1. The molecule has 2 aromatic carbocycles. The number of fused-ring (bicyclic) bond motifs is 1. The molecule has 198 valence electrons. The van der Waals surface area contributed by atoms with Crippen LogP contribution in [0.25, 0.3) is 22.6 Å². The maximum absolute atomic E-state index is 13.7. The minimum absolute atomic E-state index is 0.0170. The number of imidazole rings is 1. The molecule has 0 spiro atoms. The smallest absolute Gasteiger partial charge is 0.223 e. The van der Waals surface area contributed by atoms with E-state index in [9.17, 15) is 14.6 Å². The van der Waals surface area contributed by atoms with Crippen LogP contribution in [0.15, 0.2) is 60.8 Å². The Morgan fingerprint density at radius 2 is 1.92 bits per heavy atom. The van der Waals surface area contributed by atoms with Gasteiger partial charge in [0.05, 0.1) is 23.7 Å². The van der Waals surface area contributed by atoms with E-state index in [4.69, 9.17) is 9.97 Å². The van der Waals surface area contributed by atoms with Crippen molar-refractivity contribution in [1.82, 2.24) is 24.4 Å². The maximum Gasteiger partial charge on any atom is 0.223 e. The third-order valence-corrected chi connectivity index (χ3v) is 6.87. The quantitative estimate of drug-likeness (QED) is 0.267. The SMILES string of the molecule is CCCNc1nccc(-c2c(-c3ccc(F)cc3)nc3n2C(CN(CCO)Cc2ccccc2O)CC3)n1. The van der Waals surface area contributed by atoms with Gasteiger partial charge in [0.15, 0.2) is 0 Å². The van der Waals surface area contributed by atoms with Crippen molar-refractivity contribution in [3.05, 3.63) is 78.0 Å². The number of aliphatic hydroxyl groups is 1. The highest BCUT2D eigenvalue weighted by Crippen LogP contribution is 2.39. The molecule has 0 bridgehead atoms. The lowest BCUT2D eigenvalue weighted by Crippen LogP contribution is -2.32. The van der Waals surface area contributed by atoms with Crippen molar-refractivity contribution >= 4 is 5.95 Å². The predicted octanol–water partition coefficient (Wildman–Crippen LogP) is 4.66. The van der Waals surface area contributed by atoms with Crippen LogP contribution in [0.4, 0.5) is 10.3 Å². The number of phenols is 1. The number of nitrogens with zero attached hydrogens (tertiary/aromatic N) is 5. The number of benzene rings is 2. The Bertz CT molecular complexity index is 1370. The number of nitrogens with one attached hydrogen (secondary N) is 1. The Morgan fingerprint density at radius 3 is 2.68 bits per heavy atom. The zero-order valence-corrected chi connectivity index (χ0v) is 21.5. The summed E-state index contributed by atoms with van der Waals surface area (Å²) in [5.41, 5.74) is 4.03. The Kier molecular flexibility index (Phi) is 7.95. The molecule has 0 saturated heterocycles. The van der Waals surface area contributed by atoms with Crippen molar-refractivity contribution in [2.75, 3.05) is 31.6 Å². The molecule has 9 heteroatoms. The van der Waals surface area contributed by atoms with Crippen LogP contribution in [-0.4, -0.2) is 60.9 Å². The number of anilines is 1. The summed E-state index contributed by atoms with van der Waals surface area (Å²) in [6.45, 7) is 4.54. The van der Waals surface area contributed by atoms with Gasteiger partial charge in [-0.25, -0.2) is 19.3 Å². The fraction of sp³-hybridized carbons (Fsp3) is 0.345. The van der Waals surface area contributed by atoms with Crippen LogP contribution in [0.2, 0.25) is 0 Å². The number of aliphatic hydroxyl groups excluding tert-OH is 1. The second-order valence-corrected chi connectivity index (χ2v) is 9.57. The monoisotopic (exact) mass is 516 g/mol. The van der Waals surface area contributed by atoms with Gasteiger partial charge in [-0.1, -0.05) is 25.1 Å². The molecule has 1 aliphatic rings. The third-order valence-electron chi connectivity index (χ3n) is 6.87. The predicted molar refractivity (Wildman–Crippen MR) is 145 cm³/mol. The molecular weight excluding hydrogens is 483 g/mol. The van der Waals surface area contributed by atoms with Crippen molar-refractivity contribution in [2.45, 2.75) is 38.8 Å². The Labute approximate surface area is 221 Å². The molecule has 1 atom stereocenters. The van der Waals surface area contributed by atoms with Crippen LogP contribution in [0.1, 0.15) is 37.2 Å². The molecule has 0 saturated carbocycles. The zero-order valence-electron chi connectivity index (χ0n) is 21.5. The number of phenolic OH excluding ortho intramolecular Hbond substituents is 1. The van der Waals surface area contributed by atoms with Crippen molar-refractivity contribution < 1.29 is 14.6 Å². The van der Waals surface area contributed by atoms with Gasteiger partial charge in [-0.05, 0) is 49.2 Å². The van der Waals surface area contributed by atoms with Gasteiger partial charge < -0.3 is 20.1 Å². The van der Waals surface area contributed by atoms with Gasteiger partial charge >= 0.3 is 0 Å². The molecule has 38 heavy (non-hydrogen) atoms. The standard InChI is InChI=1S/C29H33FN6O2/c1-2-14-31-29-32-15-13-24(33-29)28-27(20-7-9-22(30)10-8-20)34-26-12-11-23(36(26)28)19-35(16-17-37)18-21-5-3-4-6-25(21)38/h3-10,13,15,23,37-38H,2,11-12,14,16-19H2,1H3,(H,31,32,33). The largest absolute Gasteiger partial charge is 0.508 e. The third kappa shape index (κ3) is 5.54. The summed E-state index contributed by atoms with van der Waals surface area (Å²) in [7, 11) is 0. The highest BCUT2D eigenvalue weighted by atomic mass is 19.1. The van der Waals surface area contributed by atoms with Gasteiger partial charge in [-0.2, -0.15) is 0 Å². The van der Waals surface area contributed by atoms with E-state index in [2.05, 4.69) is 26.7 Å². The normalized spacial score (nSPS) is 14.7. The van der Waals surface area contributed by atoms with Gasteiger partial charge in [0.25, 0.3) is 0 Å². The Hall–Kier alpha value is -3.82. The molecule has 0 aliphatic carbocycles. The van der Waals surface area contributed by atoms with Crippen molar-refractivity contribution in [3.8, 4) is 28.4 Å². The van der Waals surface area contributed by atoms with Crippen LogP contribution in [0.5, 0.6) is 5.75 Å². The molecule has 3 heterocycles. The van der Waals surface area contributed by atoms with Gasteiger partial charge in [-0.15, -0.1) is 0 Å². The number of hydrogen-bond donors (Lipinski definition) is 3. The van der Waals surface area contributed by atoms with E-state index in [1.165, 1.54) is 12.1 Å². The lowest BCUT2D eigenvalue weighted by atomic mass is 10.1. The summed E-state index contributed by atoms with van der Waals surface area (Å²) in [4.78, 5) is 16.4. The summed E-state index contributed by atoms with van der Waals surface area (Å²) in [5, 5.41) is 23.4. The molecule has 1 aliphatic heterocycles. The number of rotatable bonds is 11. The lowest BCUT2D eigenvalue weighted by Gasteiger charge is -2.27. The van der Waals surface area contributed by atoms with Crippen LogP contribution in [0.3, 0.4) is 0 Å². The van der Waals surface area contributed by atoms with E-state index in [0.29, 0.717) is 25.6 Å². The fourth-order valence-electron chi connectivity index (χ4n) is 5.07. The zero-order chi connectivity index (χ0) is 26.5. The van der Waals surface area contributed by atoms with Crippen molar-refractivity contribution in [3.63, 3.8) is 0 Å². The van der Waals surface area contributed by atoms with Gasteiger partial charge in [-0.3, -0.25) is 4.90 Å². The number of aromatic hydroxyl groups is 1. The molecule has 0 amide bonds. The van der Waals surface area contributed by atoms with E-state index in [1.807, 2.05) is 18.2 Å². The molecule has 1 unspecified atom stereocenters. The highest BCUT2D eigenvalue weighted by Gasteiger charge is 2.32. The van der Waals surface area contributed by atoms with E-state index in [1.54, 1.807) is 30.5 Å². The van der Waals surface area contributed by atoms with Crippen molar-refractivity contribution in [1.29, 1.82) is 0 Å². The first-order valence-corrected chi connectivity index (χ1v) is 13.1. The topological polar surface area (TPSA) is 99.3 Å². The Morgan fingerprint density at radius 1 is 1.11 bits per heavy atom. The second-order valence-electron chi connectivity index (χ2n) is 9.57. The molecule has 4 aromatic rings. The van der Waals surface area contributed by atoms with E-state index in [0.717, 1.165) is 59.8 Å². The molecule has 3 N–H and O–H groups in total. The molecule has 5 rings (SSSR count). The number of aryl methyl sites for hydroxylation is 1. The first-order valence-electron chi connectivity index (χ1n) is 13.1. The molecule has 8 nitrogen and oxygen atoms in total. The highest BCUT2D eigenvalue weighted by molar-refractivity contribution is 5.78. The first kappa shape index (κ1) is 25.8. The maximum atomic E-state index is 13.7. The van der Waals surface area contributed by atoms with E-state index in [-0.39, 0.29) is 24.2 Å². The molecule has 0 radical (unpaired) electrons. The average molecular weight is 517 g/mol. The van der Waals surface area contributed by atoms with Gasteiger partial charge in [0.1, 0.15) is 17.4 Å². The number of para-hydroxylation sites is 1. The number of hydrogen-bond acceptors (Lipinski definition) is 7. The van der Waals surface area contributed by atoms with Crippen LogP contribution < -0.4 is 5.32 Å². The number of aromatic nitrogens is 4. The summed E-state index contributed by atoms with van der Waals surface area (Å²) in [6, 6.07) is 15.7. The van der Waals surface area contributed by atoms with Gasteiger partial charge in [0.2, 0.25) is 5.95 Å². The lowest BCUT2D eigenvalue weighted by molar-refractivity contribution is 0.170. The van der Waals surface area contributed by atoms with Crippen LogP contribution in [-0.2, 0) is 13.0 Å². The molecule has 2 aromatic heterocycles. The van der Waals surface area contributed by atoms with E-state index < -0.39 is 0 Å². The van der Waals surface area contributed by atoms with Crippen molar-refractivity contribution in [2.24, 2.45) is 0 Å². The summed E-state index contributed by atoms with van der Waals surface area (Å²) >= 11 is 0. The molecular formula is C29H33FN6O2. The summed E-state index contributed by atoms with van der Waals surface area (Å²) < 4.78 is 16.0. The minimum Gasteiger partial charge on any atom is -0.508 e. The minimum atomic E-state index is -0.295. The van der Waals surface area contributed by atoms with Crippen LogP contribution in [0, 0.1) is 5.82 Å². The summed E-state index contributed by atoms with van der Waals surface area (Å²) in [6.07, 6.45) is 4.40. The Balaban J connectivity index is 1.54. The first-order chi connectivity index (χ1) is 18.6. The van der Waals surface area contributed by atoms with E-state index >= 15 is 0 Å². The fourth-order valence-corrected chi connectivity index (χ4v) is 5.07. The van der Waals surface area contributed by atoms with Crippen LogP contribution >= 0.6 is 0 Å². The summed E-state index contributed by atoms with van der Waals surface area (Å²) in [5.74, 6) is 1.47.